The van der Waals surface area contributed by atoms with E-state index in [1.165, 1.54) is 22.2 Å². The Bertz CT molecular complexity index is 995. The summed E-state index contributed by atoms with van der Waals surface area (Å²) in [5.41, 5.74) is 1.53. The van der Waals surface area contributed by atoms with Crippen LogP contribution in [-0.4, -0.2) is 25.7 Å². The van der Waals surface area contributed by atoms with E-state index in [2.05, 4.69) is 27.4 Å². The van der Waals surface area contributed by atoms with Crippen LogP contribution in [0.4, 0.5) is 5.13 Å². The number of hydrogen-bond donors (Lipinski definition) is 1. The zero-order valence-corrected chi connectivity index (χ0v) is 16.4. The molecule has 0 bridgehead atoms. The van der Waals surface area contributed by atoms with Gasteiger partial charge >= 0.3 is 0 Å². The summed E-state index contributed by atoms with van der Waals surface area (Å²) in [4.78, 5) is 29.1. The minimum Gasteiger partial charge on any atom is -0.300 e. The lowest BCUT2D eigenvalue weighted by molar-refractivity contribution is -0.116. The Morgan fingerprint density at radius 3 is 2.93 bits per heavy atom. The molecule has 142 valence electrons. The van der Waals surface area contributed by atoms with Crippen LogP contribution in [0.2, 0.25) is 0 Å². The van der Waals surface area contributed by atoms with Gasteiger partial charge < -0.3 is 5.32 Å². The molecule has 0 saturated heterocycles. The number of amides is 1. The van der Waals surface area contributed by atoms with Gasteiger partial charge in [0.25, 0.3) is 5.56 Å². The van der Waals surface area contributed by atoms with Crippen molar-refractivity contribution in [3.05, 3.63) is 45.5 Å². The molecule has 1 aromatic carbocycles. The zero-order valence-electron chi connectivity index (χ0n) is 15.6. The second-order valence-electron chi connectivity index (χ2n) is 6.47. The molecule has 0 saturated carbocycles. The number of aromatic nitrogens is 4. The van der Waals surface area contributed by atoms with Crippen molar-refractivity contribution in [2.24, 2.45) is 0 Å². The molecule has 0 unspecified atom stereocenters. The van der Waals surface area contributed by atoms with Crippen LogP contribution in [0, 0.1) is 6.92 Å². The Hall–Kier alpha value is -2.61. The van der Waals surface area contributed by atoms with E-state index >= 15 is 0 Å². The van der Waals surface area contributed by atoms with Gasteiger partial charge in [-0.1, -0.05) is 43.2 Å². The maximum Gasteiger partial charge on any atom is 0.261 e. The van der Waals surface area contributed by atoms with Crippen LogP contribution in [0.5, 0.6) is 0 Å². The number of nitrogens with one attached hydrogen (secondary N) is 1. The van der Waals surface area contributed by atoms with Crippen LogP contribution in [0.1, 0.15) is 43.2 Å². The quantitative estimate of drug-likeness (QED) is 0.601. The summed E-state index contributed by atoms with van der Waals surface area (Å²) in [5.74, 6) is -0.192. The van der Waals surface area contributed by atoms with Gasteiger partial charge in [-0.2, -0.15) is 0 Å². The van der Waals surface area contributed by atoms with E-state index in [-0.39, 0.29) is 24.4 Å². The van der Waals surface area contributed by atoms with Crippen molar-refractivity contribution >= 4 is 33.3 Å². The number of carbonyl (C=O) groups excluding carboxylic acids is 1. The molecule has 27 heavy (non-hydrogen) atoms. The van der Waals surface area contributed by atoms with Crippen LogP contribution < -0.4 is 10.9 Å². The summed E-state index contributed by atoms with van der Waals surface area (Å²) in [6.45, 7) is 4.35. The van der Waals surface area contributed by atoms with Crippen molar-refractivity contribution in [2.45, 2.75) is 52.5 Å². The molecule has 2 heterocycles. The summed E-state index contributed by atoms with van der Waals surface area (Å²) in [5, 5.41) is 12.9. The Morgan fingerprint density at radius 2 is 2.11 bits per heavy atom. The Morgan fingerprint density at radius 1 is 1.26 bits per heavy atom. The third kappa shape index (κ3) is 4.77. The molecular formula is C19H23N5O2S. The molecule has 0 aliphatic rings. The molecule has 0 radical (unpaired) electrons. The highest BCUT2D eigenvalue weighted by Crippen LogP contribution is 2.17. The predicted molar refractivity (Wildman–Crippen MR) is 107 cm³/mol. The topological polar surface area (TPSA) is 89.8 Å². The minimum atomic E-state index is -0.192. The van der Waals surface area contributed by atoms with Crippen LogP contribution in [0.25, 0.3) is 10.9 Å². The van der Waals surface area contributed by atoms with Crippen molar-refractivity contribution in [3.63, 3.8) is 0 Å². The summed E-state index contributed by atoms with van der Waals surface area (Å²) in [6.07, 6.45) is 5.96. The molecule has 8 heteroatoms. The molecular weight excluding hydrogens is 362 g/mol. The molecule has 0 spiro atoms. The van der Waals surface area contributed by atoms with E-state index in [1.54, 1.807) is 6.07 Å². The fourth-order valence-corrected chi connectivity index (χ4v) is 3.63. The Labute approximate surface area is 161 Å². The highest BCUT2D eigenvalue weighted by Gasteiger charge is 2.10. The first-order chi connectivity index (χ1) is 13.1. The van der Waals surface area contributed by atoms with Crippen LogP contribution in [0.15, 0.2) is 29.3 Å². The average molecular weight is 385 g/mol. The summed E-state index contributed by atoms with van der Waals surface area (Å²) >= 11 is 1.40. The largest absolute Gasteiger partial charge is 0.300 e. The number of nitrogens with zero attached hydrogens (tertiary/aromatic N) is 4. The van der Waals surface area contributed by atoms with Gasteiger partial charge in [-0.15, -0.1) is 10.2 Å². The van der Waals surface area contributed by atoms with Crippen molar-refractivity contribution < 1.29 is 4.79 Å². The molecule has 1 amide bonds. The van der Waals surface area contributed by atoms with Gasteiger partial charge in [0.2, 0.25) is 11.0 Å². The van der Waals surface area contributed by atoms with E-state index in [0.717, 1.165) is 36.3 Å². The standard InChI is InChI=1S/C19H23N5O2S/c1-3-4-5-9-16-22-23-19(27-16)21-15(25)10-11-24-12-20-17-13(2)7-6-8-14(17)18(24)26/h6-8,12H,3-5,9-11H2,1-2H3,(H,21,23,25). The minimum absolute atomic E-state index is 0.134. The lowest BCUT2D eigenvalue weighted by Crippen LogP contribution is -2.23. The van der Waals surface area contributed by atoms with Gasteiger partial charge in [0.1, 0.15) is 5.01 Å². The molecule has 0 aliphatic carbocycles. The highest BCUT2D eigenvalue weighted by atomic mass is 32.1. The van der Waals surface area contributed by atoms with Gasteiger partial charge in [0, 0.05) is 19.4 Å². The third-order valence-corrected chi connectivity index (χ3v) is 5.24. The van der Waals surface area contributed by atoms with Gasteiger partial charge in [0.15, 0.2) is 0 Å². The second-order valence-corrected chi connectivity index (χ2v) is 7.53. The van der Waals surface area contributed by atoms with Crippen molar-refractivity contribution in [1.82, 2.24) is 19.7 Å². The zero-order chi connectivity index (χ0) is 19.2. The lowest BCUT2D eigenvalue weighted by Gasteiger charge is -2.07. The van der Waals surface area contributed by atoms with Crippen LogP contribution in [-0.2, 0) is 17.8 Å². The third-order valence-electron chi connectivity index (χ3n) is 4.34. The van der Waals surface area contributed by atoms with Gasteiger partial charge in [0.05, 0.1) is 17.2 Å². The van der Waals surface area contributed by atoms with Gasteiger partial charge in [-0.25, -0.2) is 4.98 Å². The van der Waals surface area contributed by atoms with E-state index < -0.39 is 0 Å². The number of hydrogen-bond acceptors (Lipinski definition) is 6. The van der Waals surface area contributed by atoms with E-state index in [1.807, 2.05) is 19.1 Å². The second kappa shape index (κ2) is 8.85. The molecule has 0 fully saturated rings. The smallest absolute Gasteiger partial charge is 0.261 e. The van der Waals surface area contributed by atoms with Crippen LogP contribution >= 0.6 is 11.3 Å². The van der Waals surface area contributed by atoms with Crippen molar-refractivity contribution in [1.29, 1.82) is 0 Å². The monoisotopic (exact) mass is 385 g/mol. The predicted octanol–water partition coefficient (Wildman–Crippen LogP) is 3.32. The first-order valence-corrected chi connectivity index (χ1v) is 9.97. The van der Waals surface area contributed by atoms with Crippen molar-refractivity contribution in [3.8, 4) is 0 Å². The average Bonchev–Trinajstić information content (AvgIpc) is 3.09. The number of carbonyl (C=O) groups is 1. The fraction of sp³-hybridized carbons (Fsp3) is 0.421. The normalized spacial score (nSPS) is 11.0. The molecule has 0 aliphatic heterocycles. The first kappa shape index (κ1) is 19.2. The van der Waals surface area contributed by atoms with Crippen molar-refractivity contribution in [2.75, 3.05) is 5.32 Å². The Kier molecular flexibility index (Phi) is 6.28. The summed E-state index contributed by atoms with van der Waals surface area (Å²) in [7, 11) is 0. The molecule has 7 nitrogen and oxygen atoms in total. The maximum atomic E-state index is 12.6. The summed E-state index contributed by atoms with van der Waals surface area (Å²) < 4.78 is 1.47. The molecule has 3 rings (SSSR count). The van der Waals surface area contributed by atoms with E-state index in [9.17, 15) is 9.59 Å². The fourth-order valence-electron chi connectivity index (χ4n) is 2.83. The number of aryl methyl sites for hydroxylation is 3. The highest BCUT2D eigenvalue weighted by molar-refractivity contribution is 7.15. The number of anilines is 1. The summed E-state index contributed by atoms with van der Waals surface area (Å²) in [6, 6.07) is 5.52. The number of unbranched alkanes of at least 4 members (excludes halogenated alkanes) is 2. The first-order valence-electron chi connectivity index (χ1n) is 9.15. The van der Waals surface area contributed by atoms with Gasteiger partial charge in [-0.05, 0) is 25.0 Å². The molecule has 2 aromatic heterocycles. The number of fused-ring (bicyclic) bond motifs is 1. The number of para-hydroxylation sites is 1. The Balaban J connectivity index is 1.59. The maximum absolute atomic E-state index is 12.6. The molecule has 3 aromatic rings. The number of benzene rings is 1. The number of rotatable bonds is 8. The van der Waals surface area contributed by atoms with Gasteiger partial charge in [-0.3, -0.25) is 14.2 Å². The van der Waals surface area contributed by atoms with Crippen LogP contribution in [0.3, 0.4) is 0 Å². The molecule has 1 N–H and O–H groups in total. The van der Waals surface area contributed by atoms with E-state index in [0.29, 0.717) is 16.0 Å². The lowest BCUT2D eigenvalue weighted by atomic mass is 10.1. The van der Waals surface area contributed by atoms with E-state index in [4.69, 9.17) is 0 Å². The SMILES string of the molecule is CCCCCc1nnc(NC(=O)CCn2cnc3c(C)cccc3c2=O)s1. The molecule has 0 atom stereocenters.